The number of phenols is 1. The highest BCUT2D eigenvalue weighted by Gasteiger charge is 2.73. The highest BCUT2D eigenvalue weighted by atomic mass is 16.5. The summed E-state index contributed by atoms with van der Waals surface area (Å²) in [7, 11) is 2.10. The fourth-order valence-corrected chi connectivity index (χ4v) is 7.54. The lowest BCUT2D eigenvalue weighted by atomic mass is 9.48. The number of aliphatic hydroxyl groups is 1. The van der Waals surface area contributed by atoms with Crippen molar-refractivity contribution in [2.45, 2.75) is 61.8 Å². The van der Waals surface area contributed by atoms with Crippen LogP contribution in [-0.4, -0.2) is 57.3 Å². The van der Waals surface area contributed by atoms with Gasteiger partial charge in [-0.25, -0.2) is 0 Å². The summed E-state index contributed by atoms with van der Waals surface area (Å²) in [5, 5.41) is 23.3. The average Bonchev–Trinajstić information content (AvgIpc) is 3.16. The number of piperidine rings is 1. The van der Waals surface area contributed by atoms with Gasteiger partial charge in [-0.3, -0.25) is 4.79 Å². The van der Waals surface area contributed by atoms with Crippen LogP contribution in [0.1, 0.15) is 42.4 Å². The molecule has 0 unspecified atom stereocenters. The summed E-state index contributed by atoms with van der Waals surface area (Å²) in [6, 6.07) is 13.7. The molecule has 2 bridgehead atoms. The number of amides is 1. The molecule has 0 saturated carbocycles. The van der Waals surface area contributed by atoms with Crippen LogP contribution in [0.5, 0.6) is 11.5 Å². The van der Waals surface area contributed by atoms with Crippen molar-refractivity contribution >= 4 is 5.91 Å². The lowest BCUT2D eigenvalue weighted by molar-refractivity contribution is -0.167. The number of hydrogen-bond donors (Lipinski definition) is 2. The third kappa shape index (κ3) is 2.28. The Morgan fingerprint density at radius 1 is 1.15 bits per heavy atom. The monoisotopic (exact) mass is 444 g/mol. The van der Waals surface area contributed by atoms with E-state index >= 15 is 0 Å². The van der Waals surface area contributed by atoms with Crippen LogP contribution < -0.4 is 4.74 Å². The summed E-state index contributed by atoms with van der Waals surface area (Å²) in [5.41, 5.74) is 3.60. The minimum absolute atomic E-state index is 0.0189. The Kier molecular flexibility index (Phi) is 3.80. The summed E-state index contributed by atoms with van der Waals surface area (Å²) in [6.07, 6.45) is 2.65. The molecule has 3 heterocycles. The molecular weight excluding hydrogens is 416 g/mol. The van der Waals surface area contributed by atoms with Crippen molar-refractivity contribution in [2.24, 2.45) is 0 Å². The zero-order valence-corrected chi connectivity index (χ0v) is 18.8. The molecule has 1 amide bonds. The number of rotatable bonds is 2. The molecule has 2 aromatic rings. The quantitative estimate of drug-likeness (QED) is 0.745. The van der Waals surface area contributed by atoms with Gasteiger partial charge in [0.25, 0.3) is 0 Å². The number of carbonyl (C=O) groups excluding carboxylic acids is 1. The molecule has 6 heteroatoms. The van der Waals surface area contributed by atoms with Crippen LogP contribution in [0.15, 0.2) is 53.7 Å². The molecule has 0 aromatic heterocycles. The first-order chi connectivity index (χ1) is 15.9. The maximum Gasteiger partial charge on any atom is 0.227 e. The fraction of sp³-hybridized carbons (Fsp3) is 0.444. The summed E-state index contributed by atoms with van der Waals surface area (Å²) < 4.78 is 6.62. The van der Waals surface area contributed by atoms with Gasteiger partial charge in [-0.15, -0.1) is 0 Å². The van der Waals surface area contributed by atoms with Gasteiger partial charge in [0.2, 0.25) is 5.91 Å². The van der Waals surface area contributed by atoms with Crippen molar-refractivity contribution in [3.8, 4) is 11.5 Å². The molecule has 2 aromatic carbocycles. The number of benzene rings is 2. The van der Waals surface area contributed by atoms with Gasteiger partial charge >= 0.3 is 0 Å². The summed E-state index contributed by atoms with van der Waals surface area (Å²) >= 11 is 0. The van der Waals surface area contributed by atoms with E-state index in [4.69, 9.17) is 4.74 Å². The number of likely N-dealkylation sites (N-methyl/N-ethyl adjacent to an activating group) is 1. The maximum absolute atomic E-state index is 13.3. The van der Waals surface area contributed by atoms with Gasteiger partial charge in [0.15, 0.2) is 17.6 Å². The minimum Gasteiger partial charge on any atom is -0.504 e. The van der Waals surface area contributed by atoms with Gasteiger partial charge in [0.1, 0.15) is 0 Å². The second-order valence-corrected chi connectivity index (χ2v) is 10.4. The van der Waals surface area contributed by atoms with E-state index in [2.05, 4.69) is 11.9 Å². The molecular formula is C27H28N2O4. The second-order valence-electron chi connectivity index (χ2n) is 10.4. The van der Waals surface area contributed by atoms with Gasteiger partial charge in [0, 0.05) is 24.4 Å². The third-order valence-electron chi connectivity index (χ3n) is 8.99. The van der Waals surface area contributed by atoms with Gasteiger partial charge in [-0.1, -0.05) is 36.4 Å². The smallest absolute Gasteiger partial charge is 0.227 e. The van der Waals surface area contributed by atoms with Crippen molar-refractivity contribution in [1.29, 1.82) is 0 Å². The number of fused-ring (bicyclic) bond motifs is 1. The van der Waals surface area contributed by atoms with E-state index in [1.165, 1.54) is 0 Å². The molecule has 3 aliphatic heterocycles. The second kappa shape index (κ2) is 6.39. The molecule has 2 aliphatic carbocycles. The lowest BCUT2D eigenvalue weighted by Crippen LogP contribution is -2.75. The third-order valence-corrected chi connectivity index (χ3v) is 8.99. The Morgan fingerprint density at radius 3 is 2.79 bits per heavy atom. The van der Waals surface area contributed by atoms with Gasteiger partial charge in [-0.05, 0) is 55.6 Å². The largest absolute Gasteiger partial charge is 0.504 e. The highest BCUT2D eigenvalue weighted by Crippen LogP contribution is 2.67. The highest BCUT2D eigenvalue weighted by molar-refractivity contribution is 5.81. The predicted octanol–water partition coefficient (Wildman–Crippen LogP) is 2.86. The standard InChI is InChI=1S/C27H28N2O4/c1-28-12-11-26-22-17-7-9-19(30)24(22)33-25(26)23-18(14-27(26,32)20(28)13-17)8-10-21(31)29(23)15-16-5-3-2-4-6-16/h2-7,9,20,25,30,32H,8,10-15H2,1H3/t20-,25+,26+,27-/m1/s1. The van der Waals surface area contributed by atoms with Gasteiger partial charge in [0.05, 0.1) is 23.3 Å². The Labute approximate surface area is 193 Å². The van der Waals surface area contributed by atoms with Crippen molar-refractivity contribution in [3.05, 3.63) is 70.4 Å². The lowest BCUT2D eigenvalue weighted by Gasteiger charge is -2.63. The Morgan fingerprint density at radius 2 is 1.97 bits per heavy atom. The Hall–Kier alpha value is -2.83. The van der Waals surface area contributed by atoms with Crippen molar-refractivity contribution in [2.75, 3.05) is 13.6 Å². The van der Waals surface area contributed by atoms with E-state index in [-0.39, 0.29) is 17.7 Å². The zero-order chi connectivity index (χ0) is 22.5. The number of ether oxygens (including phenoxy) is 1. The normalized spacial score (nSPS) is 34.1. The van der Waals surface area contributed by atoms with Gasteiger partial charge < -0.3 is 24.7 Å². The summed E-state index contributed by atoms with van der Waals surface area (Å²) in [6.45, 7) is 1.34. The topological polar surface area (TPSA) is 73.2 Å². The van der Waals surface area contributed by atoms with Crippen LogP contribution in [0.2, 0.25) is 0 Å². The number of phenolic OH excluding ortho intramolecular Hbond substituents is 1. The van der Waals surface area contributed by atoms with Crippen molar-refractivity contribution in [3.63, 3.8) is 0 Å². The van der Waals surface area contributed by atoms with E-state index in [0.29, 0.717) is 31.6 Å². The van der Waals surface area contributed by atoms with Gasteiger partial charge in [-0.2, -0.15) is 0 Å². The first-order valence-electron chi connectivity index (χ1n) is 11.9. The number of likely N-dealkylation sites (tertiary alicyclic amines) is 1. The maximum atomic E-state index is 13.3. The summed E-state index contributed by atoms with van der Waals surface area (Å²) in [5.74, 6) is 0.727. The van der Waals surface area contributed by atoms with Crippen LogP contribution >= 0.6 is 0 Å². The van der Waals surface area contributed by atoms with Crippen molar-refractivity contribution in [1.82, 2.24) is 9.80 Å². The molecule has 7 rings (SSSR count). The molecule has 170 valence electrons. The van der Waals surface area contributed by atoms with E-state index in [9.17, 15) is 15.0 Å². The first kappa shape index (κ1) is 19.6. The van der Waals surface area contributed by atoms with Crippen LogP contribution in [-0.2, 0) is 23.2 Å². The van der Waals surface area contributed by atoms with Crippen LogP contribution in [0, 0.1) is 0 Å². The number of carbonyl (C=O) groups is 1. The summed E-state index contributed by atoms with van der Waals surface area (Å²) in [4.78, 5) is 17.5. The molecule has 1 saturated heterocycles. The Bertz CT molecular complexity index is 1220. The van der Waals surface area contributed by atoms with Crippen LogP contribution in [0.25, 0.3) is 0 Å². The number of aromatic hydroxyl groups is 1. The number of nitrogens with zero attached hydrogens (tertiary/aromatic N) is 2. The average molecular weight is 445 g/mol. The fourth-order valence-electron chi connectivity index (χ4n) is 7.54. The van der Waals surface area contributed by atoms with E-state index in [1.807, 2.05) is 41.3 Å². The molecule has 5 aliphatic rings. The van der Waals surface area contributed by atoms with Crippen LogP contribution in [0.4, 0.5) is 0 Å². The molecule has 33 heavy (non-hydrogen) atoms. The predicted molar refractivity (Wildman–Crippen MR) is 122 cm³/mol. The van der Waals surface area contributed by atoms with Crippen molar-refractivity contribution < 1.29 is 19.7 Å². The Balaban J connectivity index is 1.45. The minimum atomic E-state index is -0.992. The van der Waals surface area contributed by atoms with E-state index in [1.54, 1.807) is 6.07 Å². The van der Waals surface area contributed by atoms with Crippen LogP contribution in [0.3, 0.4) is 0 Å². The molecule has 0 radical (unpaired) electrons. The zero-order valence-electron chi connectivity index (χ0n) is 18.8. The number of hydrogen-bond acceptors (Lipinski definition) is 5. The SMILES string of the molecule is CN1CC[C@]23c4c5ccc(O)c4O[C@H]2C2=C(CCC(=O)N2Cc2ccccc2)C[C@@]3(O)[C@H]1C5. The molecule has 6 nitrogen and oxygen atoms in total. The molecule has 4 atom stereocenters. The first-order valence-corrected chi connectivity index (χ1v) is 11.9. The molecule has 2 N–H and O–H groups in total. The van der Waals surface area contributed by atoms with E-state index < -0.39 is 17.1 Å². The molecule has 1 spiro atoms. The van der Waals surface area contributed by atoms with E-state index in [0.717, 1.165) is 47.3 Å². The molecule has 1 fully saturated rings.